The van der Waals surface area contributed by atoms with Gasteiger partial charge in [0.15, 0.2) is 0 Å². The van der Waals surface area contributed by atoms with Crippen LogP contribution in [0.2, 0.25) is 5.02 Å². The Labute approximate surface area is 265 Å². The van der Waals surface area contributed by atoms with Gasteiger partial charge in [-0.15, -0.1) is 0 Å². The number of hydrogen-bond acceptors (Lipinski definition) is 6. The number of halogens is 1. The second-order valence-electron chi connectivity index (χ2n) is 13.7. The van der Waals surface area contributed by atoms with E-state index in [0.717, 1.165) is 55.7 Å². The molecule has 2 saturated carbocycles. The number of nitrogens with one attached hydrogen (secondary N) is 1. The number of anilines is 1. The van der Waals surface area contributed by atoms with Gasteiger partial charge in [0.1, 0.15) is 5.75 Å². The van der Waals surface area contributed by atoms with Crippen molar-refractivity contribution in [3.63, 3.8) is 0 Å². The van der Waals surface area contributed by atoms with E-state index in [2.05, 4.69) is 21.8 Å². The fraction of sp³-hybridized carbons (Fsp3) is 0.559. The van der Waals surface area contributed by atoms with Crippen LogP contribution < -0.4 is 14.4 Å². The minimum atomic E-state index is -4.09. The lowest BCUT2D eigenvalue weighted by Crippen LogP contribution is -2.49. The summed E-state index contributed by atoms with van der Waals surface area (Å²) in [6.07, 6.45) is 10.5. The number of aliphatic hydroxyl groups excluding tert-OH is 1. The Morgan fingerprint density at radius 1 is 1.14 bits per heavy atom. The molecule has 7 rings (SSSR count). The van der Waals surface area contributed by atoms with E-state index in [1.54, 1.807) is 18.2 Å². The van der Waals surface area contributed by atoms with E-state index < -0.39 is 22.2 Å². The smallest absolute Gasteiger partial charge is 0.304 e. The van der Waals surface area contributed by atoms with E-state index >= 15 is 0 Å². The summed E-state index contributed by atoms with van der Waals surface area (Å²) in [5.41, 5.74) is 3.32. The minimum absolute atomic E-state index is 0.119. The highest BCUT2D eigenvalue weighted by atomic mass is 35.5. The summed E-state index contributed by atoms with van der Waals surface area (Å²) in [5.74, 6) is 0.751. The van der Waals surface area contributed by atoms with Crippen LogP contribution in [0.5, 0.6) is 5.75 Å². The molecule has 2 fully saturated rings. The lowest BCUT2D eigenvalue weighted by atomic mass is 9.68. The fourth-order valence-electron chi connectivity index (χ4n) is 7.79. The largest absolute Gasteiger partial charge is 0.490 e. The van der Waals surface area contributed by atoms with Crippen LogP contribution in [0.25, 0.3) is 0 Å². The van der Waals surface area contributed by atoms with Crippen molar-refractivity contribution in [3.8, 4) is 5.75 Å². The normalized spacial score (nSPS) is 32.8. The Balaban J connectivity index is 1.28. The summed E-state index contributed by atoms with van der Waals surface area (Å²) >= 11 is 6.40. The highest BCUT2D eigenvalue weighted by molar-refractivity contribution is 7.87. The van der Waals surface area contributed by atoms with Gasteiger partial charge in [-0.25, -0.2) is 4.72 Å². The van der Waals surface area contributed by atoms with E-state index in [1.807, 2.05) is 25.1 Å². The molecule has 2 bridgehead atoms. The van der Waals surface area contributed by atoms with Crippen molar-refractivity contribution in [2.45, 2.75) is 75.9 Å². The lowest BCUT2D eigenvalue weighted by Gasteiger charge is -2.45. The minimum Gasteiger partial charge on any atom is -0.490 e. The molecule has 2 aromatic carbocycles. The Bertz CT molecular complexity index is 1580. The van der Waals surface area contributed by atoms with Crippen LogP contribution in [-0.4, -0.2) is 62.1 Å². The number of aryl methyl sites for hydroxylation is 1. The molecule has 5 aliphatic rings. The van der Waals surface area contributed by atoms with Gasteiger partial charge in [0.2, 0.25) is 0 Å². The van der Waals surface area contributed by atoms with Crippen molar-refractivity contribution in [1.29, 1.82) is 0 Å². The summed E-state index contributed by atoms with van der Waals surface area (Å²) in [6, 6.07) is 11.1. The van der Waals surface area contributed by atoms with Crippen LogP contribution >= 0.6 is 11.6 Å². The zero-order valence-electron chi connectivity index (χ0n) is 25.3. The first-order valence-electron chi connectivity index (χ1n) is 16.1. The first kappa shape index (κ1) is 30.1. The number of hydrogen-bond donors (Lipinski definition) is 2. The van der Waals surface area contributed by atoms with Crippen molar-refractivity contribution in [1.82, 2.24) is 9.03 Å². The van der Waals surface area contributed by atoms with Crippen molar-refractivity contribution in [3.05, 3.63) is 70.3 Å². The highest BCUT2D eigenvalue weighted by Gasteiger charge is 2.44. The summed E-state index contributed by atoms with van der Waals surface area (Å²) in [4.78, 5) is 15.9. The molecular weight excluding hydrogens is 598 g/mol. The monoisotopic (exact) mass is 639 g/mol. The number of nitrogens with zero attached hydrogens (tertiary/aromatic N) is 2. The molecule has 2 aliphatic heterocycles. The molecule has 3 aliphatic carbocycles. The molecule has 1 spiro atoms. The predicted octanol–water partition coefficient (Wildman–Crippen LogP) is 5.24. The molecule has 10 heteroatoms. The highest BCUT2D eigenvalue weighted by Crippen LogP contribution is 2.47. The molecule has 2 heterocycles. The van der Waals surface area contributed by atoms with E-state index in [4.69, 9.17) is 16.3 Å². The maximum atomic E-state index is 13.6. The van der Waals surface area contributed by atoms with E-state index in [-0.39, 0.29) is 28.9 Å². The topological polar surface area (TPSA) is 99.2 Å². The molecule has 2 aromatic rings. The summed E-state index contributed by atoms with van der Waals surface area (Å²) in [6.45, 7) is 4.15. The maximum absolute atomic E-state index is 13.6. The van der Waals surface area contributed by atoms with E-state index in [0.29, 0.717) is 44.3 Å². The van der Waals surface area contributed by atoms with Crippen LogP contribution in [-0.2, 0) is 22.0 Å². The third-order valence-electron chi connectivity index (χ3n) is 10.6. The zero-order chi connectivity index (χ0) is 30.6. The van der Waals surface area contributed by atoms with Gasteiger partial charge in [-0.05, 0) is 118 Å². The van der Waals surface area contributed by atoms with Crippen LogP contribution in [0.1, 0.15) is 73.4 Å². The number of aliphatic hydroxyl groups is 1. The van der Waals surface area contributed by atoms with Crippen molar-refractivity contribution >= 4 is 33.4 Å². The third kappa shape index (κ3) is 5.77. The van der Waals surface area contributed by atoms with Gasteiger partial charge in [0.25, 0.3) is 5.91 Å². The average Bonchev–Trinajstić information content (AvgIpc) is 3.81. The van der Waals surface area contributed by atoms with Crippen LogP contribution in [0.4, 0.5) is 5.69 Å². The molecule has 0 radical (unpaired) electrons. The van der Waals surface area contributed by atoms with Crippen molar-refractivity contribution in [2.75, 3.05) is 31.1 Å². The Morgan fingerprint density at radius 2 is 1.98 bits per heavy atom. The number of benzene rings is 2. The number of fused-ring (bicyclic) bond motifs is 4. The lowest BCUT2D eigenvalue weighted by molar-refractivity contribution is 0.0455. The SMILES string of the molecule is C[C@H]1C/C=C/[C@H](O)[C@@H]2CC[C@H]2CN2C[C@@]3(CCCc4cc(Cl)ccc43)COc3ccc(cc32)C(=O)NS(=O)(=O)N1CC1CC1. The maximum Gasteiger partial charge on any atom is 0.304 e. The van der Waals surface area contributed by atoms with Gasteiger partial charge in [0, 0.05) is 41.7 Å². The van der Waals surface area contributed by atoms with E-state index in [1.165, 1.54) is 15.4 Å². The molecular formula is C34H42ClN3O5S. The summed E-state index contributed by atoms with van der Waals surface area (Å²) in [7, 11) is -4.09. The molecule has 8 nitrogen and oxygen atoms in total. The fourth-order valence-corrected chi connectivity index (χ4v) is 9.42. The standard InChI is InChI=1S/C34H42ClN3O5S/c1-22-4-2-6-31(39)28-12-9-26(28)19-37-20-34(15-3-5-24-16-27(35)11-13-29(24)34)21-43-32-14-10-25(17-30(32)37)33(40)36-44(41,42)38(22)18-23-7-8-23/h2,6,10-11,13-14,16-17,22-23,26,28,31,39H,3-5,7-9,12,15,18-21H2,1H3,(H,36,40)/b6-2+/t22-,26-,28+,31-,34-/m0/s1. The Morgan fingerprint density at radius 3 is 2.75 bits per heavy atom. The second-order valence-corrected chi connectivity index (χ2v) is 15.8. The van der Waals surface area contributed by atoms with Crippen LogP contribution in [0.15, 0.2) is 48.6 Å². The third-order valence-corrected chi connectivity index (χ3v) is 12.4. The number of rotatable bonds is 2. The van der Waals surface area contributed by atoms with Gasteiger partial charge < -0.3 is 14.7 Å². The molecule has 236 valence electrons. The predicted molar refractivity (Wildman–Crippen MR) is 171 cm³/mol. The van der Waals surface area contributed by atoms with Crippen molar-refractivity contribution < 1.29 is 23.1 Å². The first-order chi connectivity index (χ1) is 21.1. The molecule has 5 atom stereocenters. The first-order valence-corrected chi connectivity index (χ1v) is 17.9. The summed E-state index contributed by atoms with van der Waals surface area (Å²) < 4.78 is 37.6. The molecule has 0 saturated heterocycles. The molecule has 2 N–H and O–H groups in total. The molecule has 0 unspecified atom stereocenters. The number of carbonyl (C=O) groups is 1. The molecule has 0 aromatic heterocycles. The Kier molecular flexibility index (Phi) is 7.96. The van der Waals surface area contributed by atoms with Crippen molar-refractivity contribution in [2.24, 2.45) is 17.8 Å². The second kappa shape index (κ2) is 11.6. The zero-order valence-corrected chi connectivity index (χ0v) is 26.8. The summed E-state index contributed by atoms with van der Waals surface area (Å²) in [5, 5.41) is 12.0. The molecule has 1 amide bonds. The van der Waals surface area contributed by atoms with Crippen LogP contribution in [0, 0.1) is 17.8 Å². The molecule has 44 heavy (non-hydrogen) atoms. The van der Waals surface area contributed by atoms with Crippen LogP contribution in [0.3, 0.4) is 0 Å². The van der Waals surface area contributed by atoms with Gasteiger partial charge in [-0.2, -0.15) is 12.7 Å². The Hall–Kier alpha value is -2.59. The quantitative estimate of drug-likeness (QED) is 0.437. The number of amides is 1. The average molecular weight is 640 g/mol. The van der Waals surface area contributed by atoms with Gasteiger partial charge in [0.05, 0.1) is 18.4 Å². The van der Waals surface area contributed by atoms with E-state index in [9.17, 15) is 18.3 Å². The number of carbonyl (C=O) groups excluding carboxylic acids is 1. The van der Waals surface area contributed by atoms with Gasteiger partial charge in [-0.1, -0.05) is 29.8 Å². The number of ether oxygens (including phenoxy) is 1. The van der Waals surface area contributed by atoms with Gasteiger partial charge in [-0.3, -0.25) is 4.79 Å². The van der Waals surface area contributed by atoms with Gasteiger partial charge >= 0.3 is 10.2 Å².